The van der Waals surface area contributed by atoms with E-state index in [1.54, 1.807) is 17.5 Å². The van der Waals surface area contributed by atoms with Gasteiger partial charge in [0.1, 0.15) is 10.3 Å². The molecular formula is C24H26N6O2S. The minimum atomic E-state index is 0.113. The Balaban J connectivity index is 1.13. The van der Waals surface area contributed by atoms with Crippen molar-refractivity contribution in [3.63, 3.8) is 0 Å². The molecule has 0 radical (unpaired) electrons. The topological polar surface area (TPSA) is 88.3 Å². The van der Waals surface area contributed by atoms with Crippen molar-refractivity contribution >= 4 is 32.7 Å². The largest absolute Gasteiger partial charge is 0.344 e. The Bertz CT molecular complexity index is 1210. The van der Waals surface area contributed by atoms with Gasteiger partial charge in [0.15, 0.2) is 5.13 Å². The molecule has 5 rings (SSSR count). The van der Waals surface area contributed by atoms with Gasteiger partial charge >= 0.3 is 0 Å². The van der Waals surface area contributed by atoms with Crippen molar-refractivity contribution in [3.05, 3.63) is 54.0 Å². The van der Waals surface area contributed by atoms with Crippen LogP contribution < -0.4 is 4.90 Å². The summed E-state index contributed by atoms with van der Waals surface area (Å²) in [6, 6.07) is 12.1. The van der Waals surface area contributed by atoms with Crippen LogP contribution in [0.5, 0.6) is 0 Å². The number of nitrogens with zero attached hydrogens (tertiary/aromatic N) is 6. The third kappa shape index (κ3) is 4.73. The Kier molecular flexibility index (Phi) is 6.04. The van der Waals surface area contributed by atoms with Crippen LogP contribution in [0.15, 0.2) is 47.1 Å². The van der Waals surface area contributed by atoms with Crippen molar-refractivity contribution in [1.29, 1.82) is 0 Å². The molecule has 0 spiro atoms. The summed E-state index contributed by atoms with van der Waals surface area (Å²) in [4.78, 5) is 31.3. The number of aromatic nitrogens is 4. The fourth-order valence-corrected chi connectivity index (χ4v) is 4.86. The third-order valence-corrected chi connectivity index (χ3v) is 6.95. The van der Waals surface area contributed by atoms with E-state index in [0.29, 0.717) is 43.6 Å². The number of fused-ring (bicyclic) bond motifs is 1. The van der Waals surface area contributed by atoms with Gasteiger partial charge in [-0.15, -0.1) is 0 Å². The Labute approximate surface area is 196 Å². The molecule has 33 heavy (non-hydrogen) atoms. The number of benzene rings is 1. The van der Waals surface area contributed by atoms with E-state index in [2.05, 4.69) is 51.0 Å². The molecule has 0 atom stereocenters. The summed E-state index contributed by atoms with van der Waals surface area (Å²) in [7, 11) is 0. The minimum Gasteiger partial charge on any atom is -0.344 e. The normalized spacial score (nSPS) is 14.4. The quantitative estimate of drug-likeness (QED) is 0.425. The number of anilines is 1. The number of piperazine rings is 1. The van der Waals surface area contributed by atoms with Gasteiger partial charge in [-0.2, -0.15) is 4.98 Å². The van der Waals surface area contributed by atoms with E-state index < -0.39 is 0 Å². The summed E-state index contributed by atoms with van der Waals surface area (Å²) in [6.07, 6.45) is 2.59. The van der Waals surface area contributed by atoms with Crippen LogP contribution >= 0.6 is 11.3 Å². The zero-order valence-electron chi connectivity index (χ0n) is 18.8. The lowest BCUT2D eigenvalue weighted by atomic mass is 10.0. The smallest absolute Gasteiger partial charge is 0.227 e. The lowest BCUT2D eigenvalue weighted by Gasteiger charge is -2.34. The van der Waals surface area contributed by atoms with Crippen LogP contribution in [-0.2, 0) is 11.2 Å². The van der Waals surface area contributed by atoms with Crippen LogP contribution in [0.25, 0.3) is 21.7 Å². The predicted molar refractivity (Wildman–Crippen MR) is 128 cm³/mol. The second-order valence-corrected chi connectivity index (χ2v) is 9.44. The van der Waals surface area contributed by atoms with Crippen LogP contribution in [-0.4, -0.2) is 57.1 Å². The van der Waals surface area contributed by atoms with Gasteiger partial charge in [0.05, 0.1) is 0 Å². The number of rotatable bonds is 6. The van der Waals surface area contributed by atoms with Crippen LogP contribution in [0.4, 0.5) is 5.13 Å². The zero-order valence-corrected chi connectivity index (χ0v) is 19.6. The van der Waals surface area contributed by atoms with Crippen molar-refractivity contribution in [3.8, 4) is 11.4 Å². The predicted octanol–water partition coefficient (Wildman–Crippen LogP) is 4.15. The van der Waals surface area contributed by atoms with Gasteiger partial charge in [0.25, 0.3) is 0 Å². The van der Waals surface area contributed by atoms with E-state index in [-0.39, 0.29) is 5.91 Å². The van der Waals surface area contributed by atoms with E-state index in [1.165, 1.54) is 5.56 Å². The number of thiazole rings is 1. The summed E-state index contributed by atoms with van der Waals surface area (Å²) < 4.78 is 5.39. The highest BCUT2D eigenvalue weighted by Gasteiger charge is 2.23. The summed E-state index contributed by atoms with van der Waals surface area (Å²) in [5.41, 5.74) is 3.11. The highest BCUT2D eigenvalue weighted by Crippen LogP contribution is 2.28. The maximum absolute atomic E-state index is 12.7. The molecule has 9 heteroatoms. The summed E-state index contributed by atoms with van der Waals surface area (Å²) >= 11 is 1.60. The average Bonchev–Trinajstić information content (AvgIpc) is 3.50. The minimum absolute atomic E-state index is 0.113. The zero-order chi connectivity index (χ0) is 22.8. The molecule has 0 saturated carbocycles. The molecule has 1 saturated heterocycles. The van der Waals surface area contributed by atoms with Crippen LogP contribution in [0.3, 0.4) is 0 Å². The highest BCUT2D eigenvalue weighted by atomic mass is 32.1. The Hall–Kier alpha value is -3.33. The first-order chi connectivity index (χ1) is 16.1. The molecule has 1 aliphatic heterocycles. The van der Waals surface area contributed by atoms with Crippen molar-refractivity contribution < 1.29 is 9.32 Å². The maximum atomic E-state index is 12.7. The molecule has 0 unspecified atom stereocenters. The van der Waals surface area contributed by atoms with Gasteiger partial charge in [-0.05, 0) is 23.6 Å². The molecular weight excluding hydrogens is 436 g/mol. The molecule has 3 aromatic heterocycles. The van der Waals surface area contributed by atoms with E-state index in [4.69, 9.17) is 4.52 Å². The van der Waals surface area contributed by atoms with E-state index in [0.717, 1.165) is 34.1 Å². The number of pyridine rings is 1. The van der Waals surface area contributed by atoms with Crippen molar-refractivity contribution in [2.45, 2.75) is 32.6 Å². The van der Waals surface area contributed by atoms with Crippen LogP contribution in [0.1, 0.15) is 37.6 Å². The van der Waals surface area contributed by atoms with Gasteiger partial charge in [0.2, 0.25) is 17.6 Å². The molecule has 1 amide bonds. The first kappa shape index (κ1) is 21.5. The van der Waals surface area contributed by atoms with E-state index in [9.17, 15) is 4.79 Å². The molecule has 8 nitrogen and oxygen atoms in total. The van der Waals surface area contributed by atoms with Gasteiger partial charge in [-0.3, -0.25) is 4.79 Å². The SMILES string of the molecule is CC(C)c1ccc(-c2noc(CCC(=O)N3CCN(c4nc5cccnc5s4)CC3)n2)cc1. The molecule has 4 aromatic rings. The van der Waals surface area contributed by atoms with E-state index in [1.807, 2.05) is 29.2 Å². The van der Waals surface area contributed by atoms with Gasteiger partial charge in [-0.25, -0.2) is 9.97 Å². The number of hydrogen-bond donors (Lipinski definition) is 0. The monoisotopic (exact) mass is 462 g/mol. The number of aryl methyl sites for hydroxylation is 1. The second-order valence-electron chi connectivity index (χ2n) is 8.48. The summed E-state index contributed by atoms with van der Waals surface area (Å²) in [5, 5.41) is 5.05. The second kappa shape index (κ2) is 9.27. The Morgan fingerprint density at radius 2 is 1.88 bits per heavy atom. The first-order valence-electron chi connectivity index (χ1n) is 11.2. The summed E-state index contributed by atoms with van der Waals surface area (Å²) in [6.45, 7) is 7.22. The van der Waals surface area contributed by atoms with Crippen LogP contribution in [0, 0.1) is 0 Å². The average molecular weight is 463 g/mol. The maximum Gasteiger partial charge on any atom is 0.227 e. The molecule has 0 N–H and O–H groups in total. The molecule has 0 aliphatic carbocycles. The van der Waals surface area contributed by atoms with Crippen LogP contribution in [0.2, 0.25) is 0 Å². The highest BCUT2D eigenvalue weighted by molar-refractivity contribution is 7.21. The summed E-state index contributed by atoms with van der Waals surface area (Å²) in [5.74, 6) is 1.64. The molecule has 1 aliphatic rings. The lowest BCUT2D eigenvalue weighted by Crippen LogP contribution is -2.48. The first-order valence-corrected chi connectivity index (χ1v) is 12.1. The van der Waals surface area contributed by atoms with Gasteiger partial charge in [-0.1, -0.05) is 54.6 Å². The molecule has 0 bridgehead atoms. The Morgan fingerprint density at radius 3 is 2.61 bits per heavy atom. The molecule has 170 valence electrons. The van der Waals surface area contributed by atoms with Crippen molar-refractivity contribution in [2.75, 3.05) is 31.1 Å². The number of carbonyl (C=O) groups excluding carboxylic acids is 1. The fraction of sp³-hybridized carbons (Fsp3) is 0.375. The molecule has 4 heterocycles. The number of amides is 1. The van der Waals surface area contributed by atoms with Gasteiger partial charge < -0.3 is 14.3 Å². The fourth-order valence-electron chi connectivity index (χ4n) is 3.90. The number of carbonyl (C=O) groups is 1. The van der Waals surface area contributed by atoms with Gasteiger partial charge in [0, 0.05) is 50.8 Å². The van der Waals surface area contributed by atoms with Crippen molar-refractivity contribution in [2.24, 2.45) is 0 Å². The van der Waals surface area contributed by atoms with Crippen molar-refractivity contribution in [1.82, 2.24) is 25.0 Å². The Morgan fingerprint density at radius 1 is 1.09 bits per heavy atom. The number of hydrogen-bond acceptors (Lipinski definition) is 8. The molecule has 1 fully saturated rings. The standard InChI is InChI=1S/C24H26N6O2S/c1-16(2)17-5-7-18(8-6-17)22-27-20(32-28-22)9-10-21(31)29-12-14-30(15-13-29)24-26-19-4-3-11-25-23(19)33-24/h3-8,11,16H,9-10,12-15H2,1-2H3. The molecule has 1 aromatic carbocycles. The lowest BCUT2D eigenvalue weighted by molar-refractivity contribution is -0.131. The van der Waals surface area contributed by atoms with E-state index >= 15 is 0 Å². The third-order valence-electron chi connectivity index (χ3n) is 5.91.